The molecule has 33 heavy (non-hydrogen) atoms. The van der Waals surface area contributed by atoms with Crippen LogP contribution in [0.1, 0.15) is 52.2 Å². The van der Waals surface area contributed by atoms with Crippen LogP contribution < -0.4 is 10.2 Å². The number of rotatable bonds is 6. The number of fused-ring (bicyclic) bond motifs is 1. The Morgan fingerprint density at radius 1 is 1.12 bits per heavy atom. The van der Waals surface area contributed by atoms with Crippen molar-refractivity contribution in [2.45, 2.75) is 45.7 Å². The molecule has 1 amide bonds. The molecule has 5 rings (SSSR count). The minimum Gasteiger partial charge on any atom is -0.357 e. The van der Waals surface area contributed by atoms with Crippen LogP contribution >= 0.6 is 11.3 Å². The van der Waals surface area contributed by atoms with Crippen molar-refractivity contribution in [1.82, 2.24) is 25.1 Å². The fraction of sp³-hybridized carbons (Fsp3) is 0.360. The van der Waals surface area contributed by atoms with E-state index in [-0.39, 0.29) is 5.91 Å². The second-order valence-electron chi connectivity index (χ2n) is 8.54. The molecule has 0 spiro atoms. The molecule has 1 saturated heterocycles. The minimum atomic E-state index is -0.127. The number of hydrogen-bond acceptors (Lipinski definition) is 6. The summed E-state index contributed by atoms with van der Waals surface area (Å²) in [5.74, 6) is 0.898. The predicted octanol–water partition coefficient (Wildman–Crippen LogP) is 4.55. The molecule has 0 aromatic carbocycles. The van der Waals surface area contributed by atoms with Crippen molar-refractivity contribution < 1.29 is 4.79 Å². The zero-order valence-corrected chi connectivity index (χ0v) is 19.6. The molecule has 0 saturated carbocycles. The molecule has 0 atom stereocenters. The summed E-state index contributed by atoms with van der Waals surface area (Å²) in [6.45, 7) is 5.12. The molecule has 170 valence electrons. The van der Waals surface area contributed by atoms with Crippen molar-refractivity contribution in [2.24, 2.45) is 0 Å². The highest BCUT2D eigenvalue weighted by molar-refractivity contribution is 7.09. The van der Waals surface area contributed by atoms with E-state index in [0.717, 1.165) is 41.2 Å². The van der Waals surface area contributed by atoms with E-state index in [4.69, 9.17) is 0 Å². The molecule has 1 aliphatic heterocycles. The van der Waals surface area contributed by atoms with Gasteiger partial charge in [-0.05, 0) is 48.9 Å². The van der Waals surface area contributed by atoms with E-state index in [0.29, 0.717) is 18.7 Å². The van der Waals surface area contributed by atoms with Crippen molar-refractivity contribution in [1.29, 1.82) is 0 Å². The van der Waals surface area contributed by atoms with Gasteiger partial charge in [-0.2, -0.15) is 5.10 Å². The molecule has 0 radical (unpaired) electrons. The number of aryl methyl sites for hydroxylation is 1. The number of anilines is 1. The average molecular weight is 461 g/mol. The van der Waals surface area contributed by atoms with Crippen LogP contribution in [-0.2, 0) is 13.1 Å². The van der Waals surface area contributed by atoms with Gasteiger partial charge in [-0.25, -0.2) is 14.6 Å². The van der Waals surface area contributed by atoms with Crippen LogP contribution in [0.2, 0.25) is 0 Å². The Kier molecular flexibility index (Phi) is 6.35. The summed E-state index contributed by atoms with van der Waals surface area (Å²) in [5.41, 5.74) is 3.11. The van der Waals surface area contributed by atoms with Gasteiger partial charge in [0.15, 0.2) is 5.65 Å². The van der Waals surface area contributed by atoms with Crippen molar-refractivity contribution in [3.63, 3.8) is 0 Å². The van der Waals surface area contributed by atoms with Crippen molar-refractivity contribution >= 4 is 34.1 Å². The van der Waals surface area contributed by atoms with Gasteiger partial charge in [0.25, 0.3) is 5.91 Å². The Morgan fingerprint density at radius 2 is 1.97 bits per heavy atom. The fourth-order valence-corrected chi connectivity index (χ4v) is 5.00. The topological polar surface area (TPSA) is 75.9 Å². The van der Waals surface area contributed by atoms with Crippen molar-refractivity contribution in [3.8, 4) is 0 Å². The lowest BCUT2D eigenvalue weighted by Crippen LogP contribution is -2.25. The van der Waals surface area contributed by atoms with Gasteiger partial charge < -0.3 is 10.2 Å². The quantitative estimate of drug-likeness (QED) is 0.457. The number of carbonyl (C=O) groups excluding carboxylic acids is 1. The first-order valence-electron chi connectivity index (χ1n) is 11.5. The van der Waals surface area contributed by atoms with Crippen molar-refractivity contribution in [2.75, 3.05) is 18.0 Å². The molecule has 1 N–H and O–H groups in total. The summed E-state index contributed by atoms with van der Waals surface area (Å²) < 4.78 is 1.86. The third-order valence-corrected chi connectivity index (χ3v) is 6.92. The van der Waals surface area contributed by atoms with E-state index < -0.39 is 0 Å². The maximum atomic E-state index is 13.1. The zero-order chi connectivity index (χ0) is 22.6. The number of amides is 1. The molecule has 1 aliphatic rings. The Balaban J connectivity index is 1.28. The second kappa shape index (κ2) is 9.70. The van der Waals surface area contributed by atoms with Gasteiger partial charge in [0.2, 0.25) is 0 Å². The number of aromatic nitrogens is 4. The fourth-order valence-electron chi connectivity index (χ4n) is 4.31. The maximum Gasteiger partial charge on any atom is 0.252 e. The van der Waals surface area contributed by atoms with Crippen LogP contribution in [0.4, 0.5) is 5.82 Å². The number of nitrogens with one attached hydrogen (secondary N) is 1. The standard InChI is InChI=1S/C25H28N6OS/c1-18-13-21(22-16-28-31(24(22)29-18)17-20-7-6-12-33-20)25(32)27-15-19-8-9-23(26-14-19)30-10-4-2-3-5-11-30/h6-9,12-14,16H,2-5,10-11,15,17H2,1H3,(H,27,32). The summed E-state index contributed by atoms with van der Waals surface area (Å²) in [5, 5.41) is 10.4. The smallest absolute Gasteiger partial charge is 0.252 e. The second-order valence-corrected chi connectivity index (χ2v) is 9.57. The predicted molar refractivity (Wildman–Crippen MR) is 132 cm³/mol. The van der Waals surface area contributed by atoms with Crippen LogP contribution in [-0.4, -0.2) is 38.7 Å². The van der Waals surface area contributed by atoms with E-state index >= 15 is 0 Å². The van der Waals surface area contributed by atoms with Gasteiger partial charge in [-0.15, -0.1) is 11.3 Å². The highest BCUT2D eigenvalue weighted by Crippen LogP contribution is 2.21. The first-order valence-corrected chi connectivity index (χ1v) is 12.4. The summed E-state index contributed by atoms with van der Waals surface area (Å²) >= 11 is 1.68. The zero-order valence-electron chi connectivity index (χ0n) is 18.8. The first kappa shape index (κ1) is 21.6. The van der Waals surface area contributed by atoms with Gasteiger partial charge in [-0.3, -0.25) is 4.79 Å². The third-order valence-electron chi connectivity index (χ3n) is 6.06. The number of nitrogens with zero attached hydrogens (tertiary/aromatic N) is 5. The molecule has 5 heterocycles. The number of thiophene rings is 1. The van der Waals surface area contributed by atoms with Crippen LogP contribution in [0.15, 0.2) is 48.1 Å². The molecule has 0 aliphatic carbocycles. The van der Waals surface area contributed by atoms with Gasteiger partial charge in [0, 0.05) is 36.4 Å². The Morgan fingerprint density at radius 3 is 2.70 bits per heavy atom. The summed E-state index contributed by atoms with van der Waals surface area (Å²) in [6.07, 6.45) is 8.66. The monoisotopic (exact) mass is 460 g/mol. The summed E-state index contributed by atoms with van der Waals surface area (Å²) in [7, 11) is 0. The molecule has 1 fully saturated rings. The SMILES string of the molecule is Cc1cc(C(=O)NCc2ccc(N3CCCCCC3)nc2)c2cnn(Cc3cccs3)c2n1. The Labute approximate surface area is 197 Å². The van der Waals surface area contributed by atoms with E-state index in [2.05, 4.69) is 43.5 Å². The van der Waals surface area contributed by atoms with Crippen LogP contribution in [0.3, 0.4) is 0 Å². The van der Waals surface area contributed by atoms with Crippen LogP contribution in [0.25, 0.3) is 11.0 Å². The Bertz CT molecular complexity index is 1220. The van der Waals surface area contributed by atoms with E-state index in [1.165, 1.54) is 30.6 Å². The van der Waals surface area contributed by atoms with E-state index in [1.54, 1.807) is 17.5 Å². The molecular weight excluding hydrogens is 432 g/mol. The van der Waals surface area contributed by atoms with Crippen LogP contribution in [0.5, 0.6) is 0 Å². The lowest BCUT2D eigenvalue weighted by molar-refractivity contribution is 0.0952. The number of hydrogen-bond donors (Lipinski definition) is 1. The summed E-state index contributed by atoms with van der Waals surface area (Å²) in [6, 6.07) is 10.1. The van der Waals surface area contributed by atoms with E-state index in [9.17, 15) is 4.79 Å². The average Bonchev–Trinajstić information content (AvgIpc) is 3.40. The maximum absolute atomic E-state index is 13.1. The highest BCUT2D eigenvalue weighted by Gasteiger charge is 2.16. The number of pyridine rings is 2. The molecule has 8 heteroatoms. The first-order chi connectivity index (χ1) is 16.2. The van der Waals surface area contributed by atoms with Gasteiger partial charge in [-0.1, -0.05) is 25.0 Å². The Hall–Kier alpha value is -3.26. The molecule has 0 bridgehead atoms. The normalized spacial score (nSPS) is 14.4. The minimum absolute atomic E-state index is 0.127. The summed E-state index contributed by atoms with van der Waals surface area (Å²) in [4.78, 5) is 25.9. The van der Waals surface area contributed by atoms with Gasteiger partial charge in [0.05, 0.1) is 23.7 Å². The third kappa shape index (κ3) is 4.90. The van der Waals surface area contributed by atoms with E-state index in [1.807, 2.05) is 35.3 Å². The number of carbonyl (C=O) groups is 1. The van der Waals surface area contributed by atoms with Gasteiger partial charge in [0.1, 0.15) is 5.82 Å². The molecule has 0 unspecified atom stereocenters. The lowest BCUT2D eigenvalue weighted by Gasteiger charge is -2.21. The largest absolute Gasteiger partial charge is 0.357 e. The van der Waals surface area contributed by atoms with Crippen LogP contribution in [0, 0.1) is 6.92 Å². The van der Waals surface area contributed by atoms with Gasteiger partial charge >= 0.3 is 0 Å². The highest BCUT2D eigenvalue weighted by atomic mass is 32.1. The lowest BCUT2D eigenvalue weighted by atomic mass is 10.1. The molecule has 4 aromatic heterocycles. The molecule has 7 nitrogen and oxygen atoms in total. The molecular formula is C25H28N6OS. The van der Waals surface area contributed by atoms with Crippen molar-refractivity contribution in [3.05, 3.63) is 69.8 Å². The molecule has 4 aromatic rings.